The van der Waals surface area contributed by atoms with Crippen molar-refractivity contribution in [2.75, 3.05) is 5.32 Å². The Labute approximate surface area is 181 Å². The van der Waals surface area contributed by atoms with Crippen LogP contribution in [0.1, 0.15) is 22.8 Å². The van der Waals surface area contributed by atoms with Gasteiger partial charge < -0.3 is 5.32 Å². The second-order valence-electron chi connectivity index (χ2n) is 6.07. The monoisotopic (exact) mass is 436 g/mol. The molecule has 2 N–H and O–H groups in total. The van der Waals surface area contributed by atoms with Crippen molar-refractivity contribution < 1.29 is 14.5 Å². The smallest absolute Gasteiger partial charge is 0.271 e. The van der Waals surface area contributed by atoms with E-state index in [1.807, 2.05) is 0 Å². The SMILES string of the molecule is CC(=O)Nc1cccc(C(=O)N/N=C/c2cc([N+](=O)[O-])ccc2Sc2ncccn2)c1. The van der Waals surface area contributed by atoms with Gasteiger partial charge in [-0.15, -0.1) is 0 Å². The summed E-state index contributed by atoms with van der Waals surface area (Å²) in [5, 5.41) is 18.1. The lowest BCUT2D eigenvalue weighted by Gasteiger charge is -2.06. The third kappa shape index (κ3) is 6.18. The number of benzene rings is 2. The van der Waals surface area contributed by atoms with E-state index in [0.717, 1.165) is 0 Å². The normalized spacial score (nSPS) is 10.6. The second kappa shape index (κ2) is 10.1. The van der Waals surface area contributed by atoms with Crippen molar-refractivity contribution in [2.45, 2.75) is 17.0 Å². The number of hydrazone groups is 1. The van der Waals surface area contributed by atoms with Crippen LogP contribution in [0.4, 0.5) is 11.4 Å². The number of aromatic nitrogens is 2. The maximum atomic E-state index is 12.4. The van der Waals surface area contributed by atoms with Crippen molar-refractivity contribution >= 4 is 41.2 Å². The van der Waals surface area contributed by atoms with Crippen LogP contribution in [0, 0.1) is 10.1 Å². The average Bonchev–Trinajstić information content (AvgIpc) is 2.75. The first kappa shape index (κ1) is 21.6. The summed E-state index contributed by atoms with van der Waals surface area (Å²) in [6.45, 7) is 1.37. The number of nitrogens with zero attached hydrogens (tertiary/aromatic N) is 4. The number of non-ortho nitro benzene ring substituents is 1. The Kier molecular flexibility index (Phi) is 7.01. The predicted molar refractivity (Wildman–Crippen MR) is 115 cm³/mol. The Morgan fingerprint density at radius 2 is 1.90 bits per heavy atom. The molecule has 31 heavy (non-hydrogen) atoms. The number of amides is 2. The molecule has 10 nitrogen and oxygen atoms in total. The lowest BCUT2D eigenvalue weighted by molar-refractivity contribution is -0.384. The van der Waals surface area contributed by atoms with E-state index in [-0.39, 0.29) is 17.2 Å². The molecule has 0 aliphatic heterocycles. The third-order valence-electron chi connectivity index (χ3n) is 3.76. The number of anilines is 1. The van der Waals surface area contributed by atoms with Gasteiger partial charge in [-0.3, -0.25) is 19.7 Å². The maximum Gasteiger partial charge on any atom is 0.271 e. The minimum absolute atomic E-state index is 0.117. The molecule has 0 spiro atoms. The van der Waals surface area contributed by atoms with Gasteiger partial charge in [0, 0.05) is 53.2 Å². The summed E-state index contributed by atoms with van der Waals surface area (Å²) in [6.07, 6.45) is 4.49. The topological polar surface area (TPSA) is 139 Å². The van der Waals surface area contributed by atoms with Crippen molar-refractivity contribution in [1.82, 2.24) is 15.4 Å². The molecule has 0 aliphatic carbocycles. The van der Waals surface area contributed by atoms with Gasteiger partial charge in [-0.25, -0.2) is 15.4 Å². The Bertz CT molecular complexity index is 1150. The zero-order valence-corrected chi connectivity index (χ0v) is 17.0. The summed E-state index contributed by atoms with van der Waals surface area (Å²) in [4.78, 5) is 43.0. The molecule has 2 amide bonds. The minimum atomic E-state index is -0.517. The number of hydrogen-bond acceptors (Lipinski definition) is 8. The van der Waals surface area contributed by atoms with Crippen LogP contribution in [-0.2, 0) is 4.79 Å². The van der Waals surface area contributed by atoms with E-state index in [9.17, 15) is 19.7 Å². The number of nitrogens with one attached hydrogen (secondary N) is 2. The first-order valence-corrected chi connectivity index (χ1v) is 9.68. The summed E-state index contributed by atoms with van der Waals surface area (Å²) >= 11 is 1.21. The highest BCUT2D eigenvalue weighted by molar-refractivity contribution is 7.99. The standard InChI is InChI=1S/C20H16N6O4S/c1-13(27)24-16-5-2-4-14(10-16)19(28)25-23-12-15-11-17(26(29)30)6-7-18(15)31-20-21-8-3-9-22-20/h2-12H,1H3,(H,24,27)(H,25,28)/b23-12+. The second-order valence-corrected chi connectivity index (χ2v) is 7.08. The summed E-state index contributed by atoms with van der Waals surface area (Å²) in [6, 6.07) is 12.3. The van der Waals surface area contributed by atoms with Crippen LogP contribution in [0.15, 0.2) is 76.1 Å². The van der Waals surface area contributed by atoms with E-state index in [1.54, 1.807) is 42.7 Å². The lowest BCUT2D eigenvalue weighted by atomic mass is 10.2. The minimum Gasteiger partial charge on any atom is -0.326 e. The predicted octanol–water partition coefficient (Wildman–Crippen LogP) is 3.26. The molecule has 0 saturated carbocycles. The number of nitro groups is 1. The maximum absolute atomic E-state index is 12.4. The van der Waals surface area contributed by atoms with E-state index < -0.39 is 10.8 Å². The van der Waals surface area contributed by atoms with Crippen LogP contribution in [0.2, 0.25) is 0 Å². The fourth-order valence-electron chi connectivity index (χ4n) is 2.45. The van der Waals surface area contributed by atoms with Crippen LogP contribution >= 0.6 is 11.8 Å². The van der Waals surface area contributed by atoms with Crippen molar-refractivity contribution in [1.29, 1.82) is 0 Å². The van der Waals surface area contributed by atoms with Gasteiger partial charge in [0.1, 0.15) is 0 Å². The molecule has 0 unspecified atom stereocenters. The number of rotatable bonds is 7. The highest BCUT2D eigenvalue weighted by Crippen LogP contribution is 2.29. The van der Waals surface area contributed by atoms with Gasteiger partial charge in [-0.2, -0.15) is 5.10 Å². The van der Waals surface area contributed by atoms with Crippen molar-refractivity contribution in [3.05, 3.63) is 82.2 Å². The van der Waals surface area contributed by atoms with Gasteiger partial charge >= 0.3 is 0 Å². The van der Waals surface area contributed by atoms with E-state index in [4.69, 9.17) is 0 Å². The average molecular weight is 436 g/mol. The molecule has 3 rings (SSSR count). The van der Waals surface area contributed by atoms with Gasteiger partial charge in [0.15, 0.2) is 5.16 Å². The van der Waals surface area contributed by atoms with E-state index in [1.165, 1.54) is 43.1 Å². The van der Waals surface area contributed by atoms with Crippen LogP contribution in [0.25, 0.3) is 0 Å². The number of hydrogen-bond donors (Lipinski definition) is 2. The Hall–Kier alpha value is -4.12. The largest absolute Gasteiger partial charge is 0.326 e. The molecular formula is C20H16N6O4S. The Morgan fingerprint density at radius 3 is 2.61 bits per heavy atom. The summed E-state index contributed by atoms with van der Waals surface area (Å²) in [7, 11) is 0. The molecule has 3 aromatic rings. The lowest BCUT2D eigenvalue weighted by Crippen LogP contribution is -2.18. The quantitative estimate of drug-likeness (QED) is 0.251. The molecule has 0 atom stereocenters. The molecule has 0 aliphatic rings. The van der Waals surface area contributed by atoms with Gasteiger partial charge in [-0.1, -0.05) is 6.07 Å². The zero-order chi connectivity index (χ0) is 22.2. The van der Waals surface area contributed by atoms with Crippen LogP contribution in [0.5, 0.6) is 0 Å². The number of carbonyl (C=O) groups is 2. The van der Waals surface area contributed by atoms with Gasteiger partial charge in [0.25, 0.3) is 11.6 Å². The Balaban J connectivity index is 1.78. The first-order chi connectivity index (χ1) is 14.9. The fraction of sp³-hybridized carbons (Fsp3) is 0.0500. The van der Waals surface area contributed by atoms with E-state index in [0.29, 0.717) is 21.3 Å². The van der Waals surface area contributed by atoms with Crippen molar-refractivity contribution in [3.63, 3.8) is 0 Å². The molecule has 1 aromatic heterocycles. The molecule has 1 heterocycles. The molecule has 11 heteroatoms. The first-order valence-electron chi connectivity index (χ1n) is 8.87. The van der Waals surface area contributed by atoms with Gasteiger partial charge in [0.05, 0.1) is 11.1 Å². The number of carbonyl (C=O) groups excluding carboxylic acids is 2. The van der Waals surface area contributed by atoms with Crippen LogP contribution in [-0.4, -0.2) is 32.9 Å². The third-order valence-corrected chi connectivity index (χ3v) is 4.75. The summed E-state index contributed by atoms with van der Waals surface area (Å²) in [5.74, 6) is -0.761. The summed E-state index contributed by atoms with van der Waals surface area (Å²) in [5.41, 5.74) is 3.44. The van der Waals surface area contributed by atoms with Gasteiger partial charge in [0.2, 0.25) is 5.91 Å². The van der Waals surface area contributed by atoms with Gasteiger partial charge in [-0.05, 0) is 42.1 Å². The number of nitro benzene ring substituents is 1. The van der Waals surface area contributed by atoms with Crippen LogP contribution < -0.4 is 10.7 Å². The molecular weight excluding hydrogens is 420 g/mol. The van der Waals surface area contributed by atoms with E-state index >= 15 is 0 Å². The van der Waals surface area contributed by atoms with Crippen molar-refractivity contribution in [3.8, 4) is 0 Å². The molecule has 0 saturated heterocycles. The van der Waals surface area contributed by atoms with E-state index in [2.05, 4.69) is 25.8 Å². The molecule has 0 bridgehead atoms. The van der Waals surface area contributed by atoms with Crippen molar-refractivity contribution in [2.24, 2.45) is 5.10 Å². The Morgan fingerprint density at radius 1 is 1.13 bits per heavy atom. The molecule has 156 valence electrons. The molecule has 0 fully saturated rings. The fourth-order valence-corrected chi connectivity index (χ4v) is 3.24. The highest BCUT2D eigenvalue weighted by Gasteiger charge is 2.12. The zero-order valence-electron chi connectivity index (χ0n) is 16.2. The summed E-state index contributed by atoms with van der Waals surface area (Å²) < 4.78 is 0. The van der Waals surface area contributed by atoms with Crippen LogP contribution in [0.3, 0.4) is 0 Å². The molecule has 2 aromatic carbocycles. The molecule has 0 radical (unpaired) electrons. The highest BCUT2D eigenvalue weighted by atomic mass is 32.2.